The number of rotatable bonds is 1. The third-order valence-corrected chi connectivity index (χ3v) is 5.57. The molecule has 4 rings (SSSR count). The van der Waals surface area contributed by atoms with Crippen molar-refractivity contribution in [2.75, 3.05) is 11.9 Å². The molecule has 0 spiro atoms. The average Bonchev–Trinajstić information content (AvgIpc) is 2.89. The van der Waals surface area contributed by atoms with E-state index in [9.17, 15) is 0 Å². The molecular formula is C20H14BrNS. The van der Waals surface area contributed by atoms with Crippen LogP contribution < -0.4 is 4.90 Å². The van der Waals surface area contributed by atoms with Gasteiger partial charge in [-0.15, -0.1) is 0 Å². The first-order valence-electron chi connectivity index (χ1n) is 7.37. The predicted molar refractivity (Wildman–Crippen MR) is 104 cm³/mol. The maximum Gasteiger partial charge on any atom is 0.124 e. The summed E-state index contributed by atoms with van der Waals surface area (Å²) in [7, 11) is 2.09. The molecule has 0 aliphatic carbocycles. The van der Waals surface area contributed by atoms with Gasteiger partial charge in [0, 0.05) is 16.4 Å². The Kier molecular flexibility index (Phi) is 3.78. The minimum atomic E-state index is 1.10. The van der Waals surface area contributed by atoms with Gasteiger partial charge in [-0.1, -0.05) is 69.8 Å². The van der Waals surface area contributed by atoms with Gasteiger partial charge in [-0.3, -0.25) is 0 Å². The second kappa shape index (κ2) is 5.93. The van der Waals surface area contributed by atoms with Gasteiger partial charge in [0.1, 0.15) is 5.03 Å². The van der Waals surface area contributed by atoms with E-state index in [0.29, 0.717) is 0 Å². The molecule has 3 heteroatoms. The predicted octanol–water partition coefficient (Wildman–Crippen LogP) is 6.30. The quantitative estimate of drug-likeness (QED) is 0.456. The first kappa shape index (κ1) is 14.6. The lowest BCUT2D eigenvalue weighted by Crippen LogP contribution is -2.08. The van der Waals surface area contributed by atoms with Gasteiger partial charge in [0.2, 0.25) is 0 Å². The monoisotopic (exact) mass is 379 g/mol. The van der Waals surface area contributed by atoms with Crippen LogP contribution in [0.1, 0.15) is 5.56 Å². The van der Waals surface area contributed by atoms with Crippen LogP contribution in [0.25, 0.3) is 16.8 Å². The number of benzene rings is 3. The number of halogens is 1. The summed E-state index contributed by atoms with van der Waals surface area (Å²) in [5, 5.41) is 3.64. The van der Waals surface area contributed by atoms with Crippen molar-refractivity contribution in [3.05, 3.63) is 81.5 Å². The van der Waals surface area contributed by atoms with Gasteiger partial charge in [-0.2, -0.15) is 0 Å². The zero-order valence-electron chi connectivity index (χ0n) is 12.6. The van der Waals surface area contributed by atoms with Crippen LogP contribution in [0.2, 0.25) is 0 Å². The van der Waals surface area contributed by atoms with Gasteiger partial charge in [-0.05, 0) is 46.7 Å². The lowest BCUT2D eigenvalue weighted by atomic mass is 10.1. The summed E-state index contributed by atoms with van der Waals surface area (Å²) in [6.45, 7) is 0. The molecule has 0 N–H and O–H groups in total. The third kappa shape index (κ3) is 2.84. The Morgan fingerprint density at radius 2 is 1.83 bits per heavy atom. The molecule has 112 valence electrons. The van der Waals surface area contributed by atoms with Crippen LogP contribution >= 0.6 is 27.7 Å². The van der Waals surface area contributed by atoms with Crippen molar-refractivity contribution in [1.82, 2.24) is 0 Å². The number of hydrogen-bond acceptors (Lipinski definition) is 2. The van der Waals surface area contributed by atoms with Crippen LogP contribution in [0.3, 0.4) is 0 Å². The van der Waals surface area contributed by atoms with E-state index in [1.165, 1.54) is 26.9 Å². The molecule has 0 amide bonds. The first-order chi connectivity index (χ1) is 11.2. The van der Waals surface area contributed by atoms with Crippen molar-refractivity contribution in [3.8, 4) is 0 Å². The molecule has 0 unspecified atom stereocenters. The number of fused-ring (bicyclic) bond motifs is 2. The molecule has 0 fully saturated rings. The lowest BCUT2D eigenvalue weighted by molar-refractivity contribution is 1.18. The third-order valence-electron chi connectivity index (χ3n) is 3.93. The molecule has 1 nitrogen and oxygen atoms in total. The molecule has 0 radical (unpaired) electrons. The molecule has 0 saturated carbocycles. The number of nitrogens with zero attached hydrogens (tertiary/aromatic N) is 1. The van der Waals surface area contributed by atoms with E-state index in [0.717, 1.165) is 9.50 Å². The van der Waals surface area contributed by atoms with Crippen LogP contribution in [0.15, 0.2) is 80.8 Å². The number of hydrogen-bond donors (Lipinski definition) is 0. The van der Waals surface area contributed by atoms with Crippen molar-refractivity contribution < 1.29 is 0 Å². The minimum absolute atomic E-state index is 1.10. The highest BCUT2D eigenvalue weighted by molar-refractivity contribution is 9.10. The van der Waals surface area contributed by atoms with Crippen molar-refractivity contribution in [1.29, 1.82) is 0 Å². The Morgan fingerprint density at radius 3 is 2.70 bits per heavy atom. The van der Waals surface area contributed by atoms with Crippen LogP contribution in [0, 0.1) is 0 Å². The fourth-order valence-corrected chi connectivity index (χ4v) is 4.04. The molecular weight excluding hydrogens is 366 g/mol. The number of thioether (sulfide) groups is 1. The molecule has 0 bridgehead atoms. The van der Waals surface area contributed by atoms with Crippen molar-refractivity contribution in [2.24, 2.45) is 0 Å². The molecule has 3 aromatic carbocycles. The van der Waals surface area contributed by atoms with Crippen molar-refractivity contribution in [2.45, 2.75) is 4.90 Å². The van der Waals surface area contributed by atoms with Crippen molar-refractivity contribution >= 4 is 50.2 Å². The molecule has 1 aliphatic rings. The minimum Gasteiger partial charge on any atom is -0.332 e. The summed E-state index contributed by atoms with van der Waals surface area (Å²) in [5.41, 5.74) is 5.83. The molecule has 3 aromatic rings. The molecule has 0 atom stereocenters. The van der Waals surface area contributed by atoms with Crippen LogP contribution in [-0.4, -0.2) is 7.05 Å². The van der Waals surface area contributed by atoms with Crippen LogP contribution in [0.4, 0.5) is 5.69 Å². The summed E-state index contributed by atoms with van der Waals surface area (Å²) in [6, 6.07) is 21.3. The summed E-state index contributed by atoms with van der Waals surface area (Å²) in [4.78, 5) is 3.45. The van der Waals surface area contributed by atoms with Gasteiger partial charge in [0.25, 0.3) is 0 Å². The second-order valence-electron chi connectivity index (χ2n) is 5.47. The van der Waals surface area contributed by atoms with Gasteiger partial charge in [-0.25, -0.2) is 0 Å². The topological polar surface area (TPSA) is 3.24 Å². The summed E-state index contributed by atoms with van der Waals surface area (Å²) in [6.07, 6.45) is 2.06. The Labute approximate surface area is 148 Å². The molecule has 0 saturated heterocycles. The van der Waals surface area contributed by atoms with E-state index < -0.39 is 0 Å². The van der Waals surface area contributed by atoms with Crippen molar-refractivity contribution in [3.63, 3.8) is 0 Å². The van der Waals surface area contributed by atoms with E-state index >= 15 is 0 Å². The lowest BCUT2D eigenvalue weighted by Gasteiger charge is -2.11. The second-order valence-corrected chi connectivity index (χ2v) is 7.42. The van der Waals surface area contributed by atoms with E-state index in [-0.39, 0.29) is 0 Å². The smallest absolute Gasteiger partial charge is 0.124 e. The molecule has 23 heavy (non-hydrogen) atoms. The van der Waals surface area contributed by atoms with E-state index in [1.807, 2.05) is 0 Å². The zero-order valence-corrected chi connectivity index (χ0v) is 15.0. The maximum atomic E-state index is 3.54. The van der Waals surface area contributed by atoms with E-state index in [4.69, 9.17) is 0 Å². The SMILES string of the molecule is CN1C(=C=Cc2ccc3ccccc3c2)Sc2ccc(Br)cc21. The highest BCUT2D eigenvalue weighted by atomic mass is 79.9. The van der Waals surface area contributed by atoms with Gasteiger partial charge < -0.3 is 4.90 Å². The molecule has 0 aromatic heterocycles. The average molecular weight is 380 g/mol. The normalized spacial score (nSPS) is 13.1. The Morgan fingerprint density at radius 1 is 1.00 bits per heavy atom. The largest absolute Gasteiger partial charge is 0.332 e. The Hall–Kier alpha value is -1.93. The van der Waals surface area contributed by atoms with Gasteiger partial charge in [0.15, 0.2) is 0 Å². The highest BCUT2D eigenvalue weighted by Gasteiger charge is 2.21. The first-order valence-corrected chi connectivity index (χ1v) is 8.98. The summed E-state index contributed by atoms with van der Waals surface area (Å²) >= 11 is 5.29. The molecule has 1 heterocycles. The fourth-order valence-electron chi connectivity index (χ4n) is 2.69. The fraction of sp³-hybridized carbons (Fsp3) is 0.0500. The van der Waals surface area contributed by atoms with Crippen LogP contribution in [0.5, 0.6) is 0 Å². The Bertz CT molecular complexity index is 970. The van der Waals surface area contributed by atoms with Crippen LogP contribution in [-0.2, 0) is 0 Å². The Balaban J connectivity index is 1.71. The molecule has 1 aliphatic heterocycles. The number of anilines is 1. The summed E-state index contributed by atoms with van der Waals surface area (Å²) < 4.78 is 1.10. The standard InChI is InChI=1S/C20H14BrNS/c1-22-18-13-17(21)9-10-19(18)23-20(22)11-7-14-6-8-15-4-2-3-5-16(15)12-14/h2-10,12-13H,1H3. The van der Waals surface area contributed by atoms with E-state index in [2.05, 4.69) is 100 Å². The highest BCUT2D eigenvalue weighted by Crippen LogP contribution is 2.45. The zero-order chi connectivity index (χ0) is 15.8. The summed E-state index contributed by atoms with van der Waals surface area (Å²) in [5.74, 6) is 0. The maximum absolute atomic E-state index is 3.54. The van der Waals surface area contributed by atoms with Gasteiger partial charge in [0.05, 0.1) is 5.69 Å². The van der Waals surface area contributed by atoms with Gasteiger partial charge >= 0.3 is 0 Å². The van der Waals surface area contributed by atoms with E-state index in [1.54, 1.807) is 11.8 Å².